The van der Waals surface area contributed by atoms with Crippen LogP contribution in [-0.4, -0.2) is 159 Å². The summed E-state index contributed by atoms with van der Waals surface area (Å²) in [5.74, 6) is -0.202. The Morgan fingerprint density at radius 2 is 0.817 bits per heavy atom. The largest absolute Gasteiger partial charge is 0.491 e. The number of amides is 5. The van der Waals surface area contributed by atoms with Crippen LogP contribution in [0.15, 0.2) is 251 Å². The van der Waals surface area contributed by atoms with Gasteiger partial charge < -0.3 is 102 Å². The summed E-state index contributed by atoms with van der Waals surface area (Å²) in [6.45, 7) is 21.4. The number of pyridine rings is 1. The summed E-state index contributed by atoms with van der Waals surface area (Å²) in [5, 5.41) is 44.3. The van der Waals surface area contributed by atoms with E-state index < -0.39 is 29.3 Å². The number of nitrogens with one attached hydrogen (secondary N) is 12. The van der Waals surface area contributed by atoms with E-state index in [2.05, 4.69) is 141 Å². The number of carbonyl (C=O) groups excluding carboxylic acids is 5. The molecule has 1 aliphatic rings. The van der Waals surface area contributed by atoms with Gasteiger partial charge in [-0.15, -0.1) is 0 Å². The number of aromatic nitrogens is 9. The highest BCUT2D eigenvalue weighted by atomic mass is 35.5. The lowest BCUT2D eigenvalue weighted by molar-refractivity contribution is -0.137. The number of rotatable bonds is 37. The Morgan fingerprint density at radius 1 is 0.435 bits per heavy atom. The number of hydrogen-bond acceptors (Lipinski definition) is 30. The van der Waals surface area contributed by atoms with E-state index in [1.807, 2.05) is 38.1 Å². The van der Waals surface area contributed by atoms with Gasteiger partial charge in [0, 0.05) is 90.6 Å². The zero-order chi connectivity index (χ0) is 93.4. The molecule has 0 radical (unpaired) electrons. The van der Waals surface area contributed by atoms with Crippen molar-refractivity contribution in [3.63, 3.8) is 0 Å². The SMILES string of the molecule is C=CC(=O)Nc1cc(Nc2nc(Nc3ccc(OC(C)C)nc3)ncc2F)ccc1Cl.C=CC(=O)Nc1cc(Nc2nc(Nc3ccc(OCCOC)cc3)ncc2F)ccc1Cl.C=CC(=O)Nc1cccc(Nc2nc(Nc3ccc(OCCOC)cc3)ncc2C#N)c1.C=CC(=O)Nc1cccc(Nc2nc(Nc3cccc(OCC(=O)N4CCOCC4)c3)ncc2F)c1. The Hall–Kier alpha value is -16.3. The van der Waals surface area contributed by atoms with Gasteiger partial charge in [0.2, 0.25) is 53.3 Å². The predicted molar refractivity (Wildman–Crippen MR) is 497 cm³/mol. The summed E-state index contributed by atoms with van der Waals surface area (Å²) in [6, 6.07) is 50.2. The molecule has 0 unspecified atom stereocenters. The van der Waals surface area contributed by atoms with Crippen molar-refractivity contribution in [3.8, 4) is 29.2 Å². The third kappa shape index (κ3) is 31.9. The Labute approximate surface area is 760 Å². The molecule has 12 N–H and O–H groups in total. The van der Waals surface area contributed by atoms with Gasteiger partial charge in [0.15, 0.2) is 47.3 Å². The first-order valence-electron chi connectivity index (χ1n) is 39.6. The smallest absolute Gasteiger partial charge is 0.260 e. The molecule has 5 aromatic heterocycles. The molecule has 13 rings (SSSR count). The highest BCUT2D eigenvalue weighted by molar-refractivity contribution is 6.34. The van der Waals surface area contributed by atoms with Crippen molar-refractivity contribution in [2.45, 2.75) is 20.0 Å². The molecule has 40 heteroatoms. The number of ether oxygens (including phenoxy) is 7. The van der Waals surface area contributed by atoms with Crippen molar-refractivity contribution in [2.24, 2.45) is 0 Å². The molecule has 0 bridgehead atoms. The first-order chi connectivity index (χ1) is 63.4. The second kappa shape index (κ2) is 50.1. The van der Waals surface area contributed by atoms with Crippen molar-refractivity contribution in [1.82, 2.24) is 49.8 Å². The topological polar surface area (TPSA) is 437 Å². The summed E-state index contributed by atoms with van der Waals surface area (Å²) < 4.78 is 80.3. The Morgan fingerprint density at radius 3 is 1.24 bits per heavy atom. The average molecular weight is 1820 g/mol. The third-order valence-corrected chi connectivity index (χ3v) is 17.8. The van der Waals surface area contributed by atoms with Gasteiger partial charge in [-0.2, -0.15) is 25.2 Å². The van der Waals surface area contributed by atoms with Gasteiger partial charge in [0.05, 0.1) is 90.6 Å². The minimum Gasteiger partial charge on any atom is -0.491 e. The van der Waals surface area contributed by atoms with Crippen LogP contribution in [-0.2, 0) is 38.2 Å². The minimum absolute atomic E-state index is 0.0128. The molecule has 12 aromatic rings. The third-order valence-electron chi connectivity index (χ3n) is 17.1. The van der Waals surface area contributed by atoms with Crippen LogP contribution in [0.25, 0.3) is 0 Å². The molecular weight excluding hydrogens is 1740 g/mol. The number of nitrogens with zero attached hydrogens (tertiary/aromatic N) is 11. The molecule has 1 fully saturated rings. The van der Waals surface area contributed by atoms with E-state index in [9.17, 15) is 42.4 Å². The Kier molecular flexibility index (Phi) is 37.1. The van der Waals surface area contributed by atoms with Gasteiger partial charge in [-0.05, 0) is 178 Å². The summed E-state index contributed by atoms with van der Waals surface area (Å²) in [5.41, 5.74) is 6.81. The number of halogens is 5. The first-order valence-corrected chi connectivity index (χ1v) is 40.4. The lowest BCUT2D eigenvalue weighted by atomic mass is 10.2. The van der Waals surface area contributed by atoms with Gasteiger partial charge in [0.25, 0.3) is 5.91 Å². The molecule has 1 saturated heterocycles. The molecular formula is C91H88Cl2F3N23O12. The molecule has 35 nitrogen and oxygen atoms in total. The standard InChI is InChI=1S/C25H25FN6O4.C23H22N6O3.C22H21ClFN5O3.C21H20ClFN6O2/c1-2-22(33)28-17-5-3-6-18(13-17)29-24-21(26)15-27-25(31-24)30-19-7-4-8-20(14-19)36-16-23(34)32-9-11-35-12-10-32;1-3-21(30)26-18-5-4-6-19(13-18)27-22-16(14-24)15-25-23(29-22)28-17-7-9-20(10-8-17)32-12-11-31-2;1-3-20(30)28-19-12-15(6-9-17(19)23)26-21-18(24)13-25-22(29-21)27-14-4-7-16(8-5-14)32-11-10-31-2;1-4-18(30)28-17-9-13(5-7-15(17)22)26-20-16(23)11-25-21(29-20)27-14-6-8-19(24-10-14)31-12(2)3/h2-8,13-15H,1,9-12,16H2,(H,28,33)(H2,27,29,30,31);3-10,13,15H,1,11-12H2,2H3,(H,26,30)(H2,25,27,28,29);3-9,12-13H,1,10-11H2,2H3,(H,28,30)(H2,25,26,27,29);4-12H,1H2,2-3H3,(H,28,30)(H2,25,26,27,29). The fraction of sp³-hybridized carbons (Fsp3) is 0.154. The minimum atomic E-state index is -0.656. The van der Waals surface area contributed by atoms with Crippen LogP contribution in [0.4, 0.5) is 128 Å². The lowest BCUT2D eigenvalue weighted by Crippen LogP contribution is -2.42. The predicted octanol–water partition coefficient (Wildman–Crippen LogP) is 17.4. The van der Waals surface area contributed by atoms with Crippen molar-refractivity contribution in [1.29, 1.82) is 5.26 Å². The monoisotopic (exact) mass is 1820 g/mol. The molecule has 7 aromatic carbocycles. The summed E-state index contributed by atoms with van der Waals surface area (Å²) in [7, 11) is 3.23. The zero-order valence-electron chi connectivity index (χ0n) is 70.8. The van der Waals surface area contributed by atoms with E-state index in [-0.39, 0.29) is 71.3 Å². The van der Waals surface area contributed by atoms with Crippen LogP contribution in [0, 0.1) is 28.8 Å². The van der Waals surface area contributed by atoms with Crippen LogP contribution >= 0.6 is 23.2 Å². The fourth-order valence-corrected chi connectivity index (χ4v) is 11.3. The number of nitriles is 1. The molecule has 6 heterocycles. The molecule has 0 aliphatic carbocycles. The summed E-state index contributed by atoms with van der Waals surface area (Å²) in [4.78, 5) is 97.4. The second-order valence-electron chi connectivity index (χ2n) is 27.2. The highest BCUT2D eigenvalue weighted by Gasteiger charge is 2.20. The maximum Gasteiger partial charge on any atom is 0.260 e. The van der Waals surface area contributed by atoms with E-state index in [1.54, 1.807) is 171 Å². The maximum atomic E-state index is 14.4. The normalized spacial score (nSPS) is 11.0. The van der Waals surface area contributed by atoms with E-state index in [1.165, 1.54) is 12.3 Å². The Balaban J connectivity index is 0.000000182. The van der Waals surface area contributed by atoms with Gasteiger partial charge >= 0.3 is 0 Å². The molecule has 0 saturated carbocycles. The van der Waals surface area contributed by atoms with Gasteiger partial charge in [-0.25, -0.2) is 38.1 Å². The molecule has 0 atom stereocenters. The number of hydrogen-bond donors (Lipinski definition) is 12. The van der Waals surface area contributed by atoms with Crippen molar-refractivity contribution < 1.29 is 70.3 Å². The zero-order valence-corrected chi connectivity index (χ0v) is 72.4. The summed E-state index contributed by atoms with van der Waals surface area (Å²) in [6.07, 6.45) is 10.7. The molecule has 131 heavy (non-hydrogen) atoms. The van der Waals surface area contributed by atoms with Crippen molar-refractivity contribution >= 4 is 168 Å². The van der Waals surface area contributed by atoms with Crippen LogP contribution in [0.3, 0.4) is 0 Å². The number of carbonyl (C=O) groups is 5. The van der Waals surface area contributed by atoms with Crippen LogP contribution in [0.2, 0.25) is 10.0 Å². The number of methoxy groups -OCH3 is 2. The second-order valence-corrected chi connectivity index (χ2v) is 28.0. The number of morpholine rings is 1. The quantitative estimate of drug-likeness (QED) is 0.0127. The Bertz CT molecular complexity index is 6010. The molecule has 674 valence electrons. The van der Waals surface area contributed by atoms with Crippen LogP contribution in [0.1, 0.15) is 19.4 Å². The van der Waals surface area contributed by atoms with Gasteiger partial charge in [-0.3, -0.25) is 24.0 Å². The lowest BCUT2D eigenvalue weighted by Gasteiger charge is -2.26. The highest BCUT2D eigenvalue weighted by Crippen LogP contribution is 2.33. The van der Waals surface area contributed by atoms with E-state index >= 15 is 0 Å². The number of benzene rings is 7. The average Bonchev–Trinajstić information content (AvgIpc) is 0.852. The number of anilines is 20. The van der Waals surface area contributed by atoms with E-state index in [4.69, 9.17) is 56.4 Å². The van der Waals surface area contributed by atoms with Crippen LogP contribution in [0.5, 0.6) is 23.1 Å². The van der Waals surface area contributed by atoms with Gasteiger partial charge in [-0.1, -0.05) is 67.7 Å². The van der Waals surface area contributed by atoms with E-state index in [0.717, 1.165) is 48.3 Å². The first kappa shape index (κ1) is 96.9. The molecule has 5 amide bonds. The van der Waals surface area contributed by atoms with E-state index in [0.29, 0.717) is 154 Å². The molecule has 0 spiro atoms. The van der Waals surface area contributed by atoms with Gasteiger partial charge in [0.1, 0.15) is 42.1 Å². The maximum absolute atomic E-state index is 14.4. The fourth-order valence-electron chi connectivity index (χ4n) is 11.0. The van der Waals surface area contributed by atoms with Crippen LogP contribution < -0.4 is 82.7 Å². The summed E-state index contributed by atoms with van der Waals surface area (Å²) >= 11 is 12.2. The van der Waals surface area contributed by atoms with Crippen molar-refractivity contribution in [2.75, 3.05) is 137 Å². The van der Waals surface area contributed by atoms with Crippen molar-refractivity contribution in [3.05, 3.63) is 285 Å². The molecule has 1 aliphatic heterocycles.